The Morgan fingerprint density at radius 1 is 1.53 bits per heavy atom. The van der Waals surface area contributed by atoms with Crippen molar-refractivity contribution < 1.29 is 14.3 Å². The van der Waals surface area contributed by atoms with Gasteiger partial charge in [0.15, 0.2) is 5.69 Å². The van der Waals surface area contributed by atoms with Crippen LogP contribution in [0.3, 0.4) is 0 Å². The second kappa shape index (κ2) is 4.29. The molecule has 0 saturated heterocycles. The molecule has 0 saturated carbocycles. The van der Waals surface area contributed by atoms with Crippen molar-refractivity contribution in [1.29, 1.82) is 0 Å². The number of rotatable bonds is 2. The Labute approximate surface area is 105 Å². The fourth-order valence-corrected chi connectivity index (χ4v) is 1.68. The molecular weight excluding hydrogens is 291 g/mol. The third kappa shape index (κ3) is 2.21. The maximum Gasteiger partial charge on any atom is 0.356 e. The fraction of sp³-hybridized carbons (Fsp3) is 0.0909. The van der Waals surface area contributed by atoms with E-state index in [2.05, 4.69) is 21.0 Å². The van der Waals surface area contributed by atoms with Gasteiger partial charge >= 0.3 is 5.97 Å². The Morgan fingerprint density at radius 2 is 2.24 bits per heavy atom. The largest absolute Gasteiger partial charge is 0.476 e. The first-order valence-corrected chi connectivity index (χ1v) is 5.53. The number of aryl methyl sites for hydroxylation is 1. The predicted molar refractivity (Wildman–Crippen MR) is 62.9 cm³/mol. The maximum absolute atomic E-state index is 13.3. The van der Waals surface area contributed by atoms with Crippen LogP contribution in [0.25, 0.3) is 5.69 Å². The van der Waals surface area contributed by atoms with E-state index in [0.717, 1.165) is 0 Å². The van der Waals surface area contributed by atoms with Crippen molar-refractivity contribution in [2.45, 2.75) is 6.92 Å². The summed E-state index contributed by atoms with van der Waals surface area (Å²) in [5.74, 6) is -1.52. The number of carboxylic acids is 1. The van der Waals surface area contributed by atoms with Crippen molar-refractivity contribution in [3.8, 4) is 5.69 Å². The van der Waals surface area contributed by atoms with Crippen LogP contribution >= 0.6 is 15.9 Å². The lowest BCUT2D eigenvalue weighted by Gasteiger charge is -2.01. The van der Waals surface area contributed by atoms with Crippen molar-refractivity contribution >= 4 is 21.9 Å². The van der Waals surface area contributed by atoms with E-state index < -0.39 is 11.8 Å². The lowest BCUT2D eigenvalue weighted by Crippen LogP contribution is -2.02. The number of halogens is 2. The van der Waals surface area contributed by atoms with Gasteiger partial charge in [0.1, 0.15) is 5.82 Å². The first kappa shape index (κ1) is 11.8. The van der Waals surface area contributed by atoms with Gasteiger partial charge in [0.2, 0.25) is 0 Å². The van der Waals surface area contributed by atoms with Gasteiger partial charge in [-0.05, 0) is 35.0 Å². The molecule has 0 radical (unpaired) electrons. The van der Waals surface area contributed by atoms with E-state index in [-0.39, 0.29) is 5.69 Å². The van der Waals surface area contributed by atoms with Crippen LogP contribution in [-0.2, 0) is 0 Å². The van der Waals surface area contributed by atoms with Crippen LogP contribution in [0.2, 0.25) is 0 Å². The summed E-state index contributed by atoms with van der Waals surface area (Å²) in [4.78, 5) is 10.8. The second-order valence-corrected chi connectivity index (χ2v) is 4.36. The van der Waals surface area contributed by atoms with E-state index in [1.807, 2.05) is 0 Å². The predicted octanol–water partition coefficient (Wildman–Crippen LogP) is 2.78. The van der Waals surface area contributed by atoms with Crippen LogP contribution in [0.4, 0.5) is 4.39 Å². The van der Waals surface area contributed by atoms with E-state index in [4.69, 9.17) is 5.11 Å². The zero-order valence-corrected chi connectivity index (χ0v) is 10.4. The summed E-state index contributed by atoms with van der Waals surface area (Å²) >= 11 is 3.05. The first-order chi connectivity index (χ1) is 7.99. The smallest absolute Gasteiger partial charge is 0.356 e. The van der Waals surface area contributed by atoms with Gasteiger partial charge in [0, 0.05) is 17.8 Å². The highest BCUT2D eigenvalue weighted by molar-refractivity contribution is 9.10. The molecule has 0 fully saturated rings. The molecule has 17 heavy (non-hydrogen) atoms. The van der Waals surface area contributed by atoms with E-state index in [1.165, 1.54) is 10.7 Å². The minimum absolute atomic E-state index is 0.0340. The summed E-state index contributed by atoms with van der Waals surface area (Å²) in [5, 5.41) is 12.8. The minimum atomic E-state index is -1.10. The number of nitrogens with zero attached hydrogens (tertiary/aromatic N) is 2. The average Bonchev–Trinajstić information content (AvgIpc) is 2.64. The summed E-state index contributed by atoms with van der Waals surface area (Å²) in [7, 11) is 0. The Kier molecular flexibility index (Phi) is 2.97. The molecule has 0 amide bonds. The average molecular weight is 299 g/mol. The number of hydrogen-bond acceptors (Lipinski definition) is 2. The number of carbonyl (C=O) groups is 1. The molecule has 1 aromatic heterocycles. The normalized spacial score (nSPS) is 10.5. The van der Waals surface area contributed by atoms with Crippen molar-refractivity contribution in [1.82, 2.24) is 9.78 Å². The van der Waals surface area contributed by atoms with Gasteiger partial charge < -0.3 is 5.11 Å². The highest BCUT2D eigenvalue weighted by atomic mass is 79.9. The highest BCUT2D eigenvalue weighted by Crippen LogP contribution is 2.19. The van der Waals surface area contributed by atoms with Crippen LogP contribution in [0.15, 0.2) is 28.9 Å². The van der Waals surface area contributed by atoms with Gasteiger partial charge in [-0.1, -0.05) is 0 Å². The van der Waals surface area contributed by atoms with Crippen LogP contribution < -0.4 is 0 Å². The van der Waals surface area contributed by atoms with Crippen molar-refractivity contribution in [2.75, 3.05) is 0 Å². The molecule has 0 atom stereocenters. The molecule has 0 aliphatic heterocycles. The topological polar surface area (TPSA) is 55.1 Å². The fourth-order valence-electron chi connectivity index (χ4n) is 1.43. The van der Waals surface area contributed by atoms with E-state index >= 15 is 0 Å². The molecule has 0 unspecified atom stereocenters. The molecule has 0 aliphatic rings. The molecular formula is C11H8BrFN2O2. The summed E-state index contributed by atoms with van der Waals surface area (Å²) < 4.78 is 15.0. The quantitative estimate of drug-likeness (QED) is 0.927. The molecule has 0 aliphatic carbocycles. The molecule has 1 heterocycles. The van der Waals surface area contributed by atoms with Crippen LogP contribution in [0, 0.1) is 12.7 Å². The van der Waals surface area contributed by atoms with E-state index in [1.54, 1.807) is 25.3 Å². The van der Waals surface area contributed by atoms with Gasteiger partial charge in [-0.15, -0.1) is 0 Å². The molecule has 4 nitrogen and oxygen atoms in total. The number of hydrogen-bond donors (Lipinski definition) is 1. The van der Waals surface area contributed by atoms with Crippen molar-refractivity contribution in [2.24, 2.45) is 0 Å². The third-order valence-corrected chi connectivity index (χ3v) is 2.91. The molecule has 88 valence electrons. The SMILES string of the molecule is Cc1cn(-c2ccc(Br)c(F)c2)nc1C(=O)O. The zero-order valence-electron chi connectivity index (χ0n) is 8.82. The Balaban J connectivity index is 2.50. The summed E-state index contributed by atoms with van der Waals surface area (Å²) in [6.07, 6.45) is 1.55. The third-order valence-electron chi connectivity index (χ3n) is 2.27. The summed E-state index contributed by atoms with van der Waals surface area (Å²) in [6, 6.07) is 4.47. The molecule has 0 spiro atoms. The number of carboxylic acid groups (broad SMARTS) is 1. The second-order valence-electron chi connectivity index (χ2n) is 3.51. The Hall–Kier alpha value is -1.69. The lowest BCUT2D eigenvalue weighted by atomic mass is 10.3. The molecule has 2 rings (SSSR count). The Morgan fingerprint density at radius 3 is 2.76 bits per heavy atom. The van der Waals surface area contributed by atoms with Crippen LogP contribution in [-0.4, -0.2) is 20.9 Å². The summed E-state index contributed by atoms with van der Waals surface area (Å²) in [5.41, 5.74) is 0.968. The van der Waals surface area contributed by atoms with Crippen molar-refractivity contribution in [3.05, 3.63) is 45.9 Å². The van der Waals surface area contributed by atoms with E-state index in [9.17, 15) is 9.18 Å². The van der Waals surface area contributed by atoms with Gasteiger partial charge in [-0.25, -0.2) is 13.9 Å². The standard InChI is InChI=1S/C11H8BrFN2O2/c1-6-5-15(14-10(6)11(16)17)7-2-3-8(12)9(13)4-7/h2-5H,1H3,(H,16,17). The molecule has 2 aromatic rings. The number of benzene rings is 1. The number of aromatic nitrogens is 2. The highest BCUT2D eigenvalue weighted by Gasteiger charge is 2.13. The van der Waals surface area contributed by atoms with Gasteiger partial charge in [-0.3, -0.25) is 0 Å². The first-order valence-electron chi connectivity index (χ1n) is 4.74. The molecule has 1 aromatic carbocycles. The van der Waals surface area contributed by atoms with Crippen LogP contribution in [0.5, 0.6) is 0 Å². The molecule has 1 N–H and O–H groups in total. The van der Waals surface area contributed by atoms with Gasteiger partial charge in [-0.2, -0.15) is 5.10 Å². The zero-order chi connectivity index (χ0) is 12.6. The molecule has 0 bridgehead atoms. The van der Waals surface area contributed by atoms with E-state index in [0.29, 0.717) is 15.7 Å². The maximum atomic E-state index is 13.3. The van der Waals surface area contributed by atoms with Crippen LogP contribution in [0.1, 0.15) is 16.1 Å². The van der Waals surface area contributed by atoms with Gasteiger partial charge in [0.25, 0.3) is 0 Å². The lowest BCUT2D eigenvalue weighted by molar-refractivity contribution is 0.0689. The molecule has 6 heteroatoms. The summed E-state index contributed by atoms with van der Waals surface area (Å²) in [6.45, 7) is 1.64. The monoisotopic (exact) mass is 298 g/mol. The van der Waals surface area contributed by atoms with Gasteiger partial charge in [0.05, 0.1) is 10.2 Å². The Bertz CT molecular complexity index is 595. The number of aromatic carboxylic acids is 1. The van der Waals surface area contributed by atoms with Crippen molar-refractivity contribution in [3.63, 3.8) is 0 Å². The minimum Gasteiger partial charge on any atom is -0.476 e.